The maximum absolute atomic E-state index is 13.5. The van der Waals surface area contributed by atoms with Gasteiger partial charge in [-0.05, 0) is 90.9 Å². The molecule has 178 valence electrons. The van der Waals surface area contributed by atoms with Crippen LogP contribution in [-0.2, 0) is 19.4 Å². The molecule has 1 aromatic rings. The minimum Gasteiger partial charge on any atom is -0.337 e. The van der Waals surface area contributed by atoms with E-state index >= 15 is 0 Å². The number of carbonyl (C=O) groups is 1. The first-order valence-electron chi connectivity index (χ1n) is 13.6. The standard InChI is InChI=1S/C26H43N5O/c1-2-31-24-11-10-22(29-18-12-21(13-19-29)28-14-8-5-9-15-28)20-23(24)25(27-31)26(32)30-16-6-3-4-7-17-30/h21-22H,2-20H2,1H3. The van der Waals surface area contributed by atoms with Crippen molar-refractivity contribution >= 4 is 5.91 Å². The molecule has 0 spiro atoms. The Morgan fingerprint density at radius 1 is 0.812 bits per heavy atom. The Balaban J connectivity index is 1.26. The smallest absolute Gasteiger partial charge is 0.274 e. The van der Waals surface area contributed by atoms with Gasteiger partial charge >= 0.3 is 0 Å². The number of aryl methyl sites for hydroxylation is 1. The van der Waals surface area contributed by atoms with Crippen LogP contribution in [0.15, 0.2) is 0 Å². The summed E-state index contributed by atoms with van der Waals surface area (Å²) >= 11 is 0. The van der Waals surface area contributed by atoms with Gasteiger partial charge in [-0.1, -0.05) is 19.3 Å². The van der Waals surface area contributed by atoms with Gasteiger partial charge in [0.05, 0.1) is 0 Å². The second-order valence-corrected chi connectivity index (χ2v) is 10.6. The number of fused-ring (bicyclic) bond motifs is 1. The Morgan fingerprint density at radius 3 is 2.12 bits per heavy atom. The third-order valence-electron chi connectivity index (χ3n) is 8.64. The van der Waals surface area contributed by atoms with Gasteiger partial charge in [0.25, 0.3) is 5.91 Å². The maximum Gasteiger partial charge on any atom is 0.274 e. The van der Waals surface area contributed by atoms with E-state index in [-0.39, 0.29) is 5.91 Å². The number of amides is 1. The van der Waals surface area contributed by atoms with Crippen LogP contribution in [0.5, 0.6) is 0 Å². The molecule has 5 rings (SSSR count). The largest absolute Gasteiger partial charge is 0.337 e. The summed E-state index contributed by atoms with van der Waals surface area (Å²) < 4.78 is 2.12. The summed E-state index contributed by atoms with van der Waals surface area (Å²) in [7, 11) is 0. The number of aromatic nitrogens is 2. The molecule has 0 aromatic carbocycles. The van der Waals surface area contributed by atoms with Crippen molar-refractivity contribution in [3.63, 3.8) is 0 Å². The normalized spacial score (nSPS) is 26.7. The fourth-order valence-electron chi connectivity index (χ4n) is 6.74. The Labute approximate surface area is 194 Å². The third kappa shape index (κ3) is 4.63. The lowest BCUT2D eigenvalue weighted by Gasteiger charge is -2.43. The molecule has 0 N–H and O–H groups in total. The number of likely N-dealkylation sites (tertiary alicyclic amines) is 3. The highest BCUT2D eigenvalue weighted by Crippen LogP contribution is 2.31. The molecule has 4 heterocycles. The summed E-state index contributed by atoms with van der Waals surface area (Å²) in [5, 5.41) is 4.87. The van der Waals surface area contributed by atoms with Gasteiger partial charge in [0.2, 0.25) is 0 Å². The second kappa shape index (κ2) is 10.3. The van der Waals surface area contributed by atoms with Crippen molar-refractivity contribution in [3.8, 4) is 0 Å². The first kappa shape index (κ1) is 22.4. The Kier molecular flexibility index (Phi) is 7.17. The predicted octanol–water partition coefficient (Wildman–Crippen LogP) is 3.73. The van der Waals surface area contributed by atoms with Gasteiger partial charge in [0.1, 0.15) is 0 Å². The van der Waals surface area contributed by atoms with Crippen molar-refractivity contribution in [1.82, 2.24) is 24.5 Å². The Bertz CT molecular complexity index is 767. The molecule has 1 aromatic heterocycles. The number of hydrogen-bond acceptors (Lipinski definition) is 4. The van der Waals surface area contributed by atoms with Gasteiger partial charge in [-0.15, -0.1) is 0 Å². The summed E-state index contributed by atoms with van der Waals surface area (Å²) in [5.41, 5.74) is 3.39. The maximum atomic E-state index is 13.5. The van der Waals surface area contributed by atoms with E-state index in [9.17, 15) is 4.79 Å². The molecule has 0 saturated carbocycles. The van der Waals surface area contributed by atoms with Crippen molar-refractivity contribution in [3.05, 3.63) is 17.0 Å². The third-order valence-corrected chi connectivity index (χ3v) is 8.64. The van der Waals surface area contributed by atoms with Crippen LogP contribution < -0.4 is 0 Å². The number of piperidine rings is 2. The zero-order valence-electron chi connectivity index (χ0n) is 20.2. The molecule has 6 heteroatoms. The number of hydrogen-bond donors (Lipinski definition) is 0. The molecule has 1 aliphatic carbocycles. The summed E-state index contributed by atoms with van der Waals surface area (Å²) in [6.45, 7) is 9.90. The van der Waals surface area contributed by atoms with E-state index in [2.05, 4.69) is 26.3 Å². The molecule has 4 aliphatic rings. The van der Waals surface area contributed by atoms with Gasteiger partial charge in [0.15, 0.2) is 5.69 Å². The summed E-state index contributed by atoms with van der Waals surface area (Å²) in [5.74, 6) is 0.194. The first-order valence-corrected chi connectivity index (χ1v) is 13.6. The Morgan fingerprint density at radius 2 is 1.44 bits per heavy atom. The fraction of sp³-hybridized carbons (Fsp3) is 0.846. The molecular weight excluding hydrogens is 398 g/mol. The molecule has 6 nitrogen and oxygen atoms in total. The predicted molar refractivity (Wildman–Crippen MR) is 128 cm³/mol. The van der Waals surface area contributed by atoms with E-state index in [1.807, 2.05) is 0 Å². The fourth-order valence-corrected chi connectivity index (χ4v) is 6.74. The van der Waals surface area contributed by atoms with Gasteiger partial charge in [0, 0.05) is 43.0 Å². The van der Waals surface area contributed by atoms with Crippen LogP contribution in [-0.4, -0.2) is 81.7 Å². The number of nitrogens with zero attached hydrogens (tertiary/aromatic N) is 5. The molecule has 0 bridgehead atoms. The van der Waals surface area contributed by atoms with Crippen LogP contribution in [0.25, 0.3) is 0 Å². The van der Waals surface area contributed by atoms with Crippen molar-refractivity contribution in [1.29, 1.82) is 0 Å². The minimum absolute atomic E-state index is 0.194. The van der Waals surface area contributed by atoms with Crippen LogP contribution >= 0.6 is 0 Å². The zero-order valence-corrected chi connectivity index (χ0v) is 20.2. The highest BCUT2D eigenvalue weighted by molar-refractivity contribution is 5.94. The molecule has 1 amide bonds. The van der Waals surface area contributed by atoms with E-state index < -0.39 is 0 Å². The summed E-state index contributed by atoms with van der Waals surface area (Å²) in [6.07, 6.45) is 14.9. The summed E-state index contributed by atoms with van der Waals surface area (Å²) in [6, 6.07) is 1.38. The molecule has 32 heavy (non-hydrogen) atoms. The van der Waals surface area contributed by atoms with Crippen LogP contribution in [0.4, 0.5) is 0 Å². The van der Waals surface area contributed by atoms with E-state index in [0.717, 1.165) is 57.1 Å². The number of carbonyl (C=O) groups excluding carboxylic acids is 1. The average molecular weight is 442 g/mol. The lowest BCUT2D eigenvalue weighted by Crippen LogP contribution is -2.50. The van der Waals surface area contributed by atoms with Crippen LogP contribution in [0, 0.1) is 0 Å². The van der Waals surface area contributed by atoms with Crippen LogP contribution in [0.2, 0.25) is 0 Å². The van der Waals surface area contributed by atoms with Crippen molar-refractivity contribution < 1.29 is 4.79 Å². The topological polar surface area (TPSA) is 44.6 Å². The molecular formula is C26H43N5O. The molecule has 3 fully saturated rings. The highest BCUT2D eigenvalue weighted by atomic mass is 16.2. The number of rotatable bonds is 4. The van der Waals surface area contributed by atoms with Gasteiger partial charge in [-0.25, -0.2) is 0 Å². The first-order chi connectivity index (χ1) is 15.7. The van der Waals surface area contributed by atoms with Gasteiger partial charge < -0.3 is 9.80 Å². The monoisotopic (exact) mass is 441 g/mol. The molecule has 0 radical (unpaired) electrons. The zero-order chi connectivity index (χ0) is 21.9. The Hall–Kier alpha value is -1.40. The SMILES string of the molecule is CCn1nc(C(=O)N2CCCCCC2)c2c1CCC(N1CCC(N3CCCCC3)CC1)C2. The minimum atomic E-state index is 0.194. The molecule has 1 unspecified atom stereocenters. The van der Waals surface area contributed by atoms with Gasteiger partial charge in [-0.3, -0.25) is 14.4 Å². The van der Waals surface area contributed by atoms with Crippen LogP contribution in [0.3, 0.4) is 0 Å². The lowest BCUT2D eigenvalue weighted by molar-refractivity contribution is 0.0676. The second-order valence-electron chi connectivity index (χ2n) is 10.6. The molecule has 1 atom stereocenters. The average Bonchev–Trinajstić information content (AvgIpc) is 3.01. The van der Waals surface area contributed by atoms with Crippen LogP contribution in [0.1, 0.15) is 92.9 Å². The van der Waals surface area contributed by atoms with Gasteiger partial charge in [-0.2, -0.15) is 5.10 Å². The quantitative estimate of drug-likeness (QED) is 0.714. The lowest BCUT2D eigenvalue weighted by atomic mass is 9.88. The van der Waals surface area contributed by atoms with E-state index in [0.29, 0.717) is 6.04 Å². The molecule has 3 aliphatic heterocycles. The highest BCUT2D eigenvalue weighted by Gasteiger charge is 2.35. The van der Waals surface area contributed by atoms with E-state index in [1.165, 1.54) is 88.8 Å². The van der Waals surface area contributed by atoms with Crippen molar-refractivity contribution in [2.45, 2.75) is 103 Å². The van der Waals surface area contributed by atoms with E-state index in [4.69, 9.17) is 5.10 Å². The van der Waals surface area contributed by atoms with E-state index in [1.54, 1.807) is 0 Å². The van der Waals surface area contributed by atoms with Crippen molar-refractivity contribution in [2.75, 3.05) is 39.3 Å². The molecule has 3 saturated heterocycles. The summed E-state index contributed by atoms with van der Waals surface area (Å²) in [4.78, 5) is 21.1. The van der Waals surface area contributed by atoms with Crippen molar-refractivity contribution in [2.24, 2.45) is 0 Å².